The zero-order chi connectivity index (χ0) is 53.4. The molecule has 0 radical (unpaired) electrons. The SMILES string of the molecule is CC/C=C\C/C=C\C/C=C\C/C=C\CCCCCCCCCCCCCCCCCCC(=O)OC(COC(=O)CCCCCCCCCCC/C=C\CCCCCCCC)COC(OCC[N+](C)(C)C)C(=O)O. The molecule has 0 aromatic carbocycles. The van der Waals surface area contributed by atoms with Crippen molar-refractivity contribution in [3.05, 3.63) is 60.8 Å². The molecule has 73 heavy (non-hydrogen) atoms. The van der Waals surface area contributed by atoms with Crippen LogP contribution in [0.3, 0.4) is 0 Å². The van der Waals surface area contributed by atoms with E-state index in [0.29, 0.717) is 17.4 Å². The van der Waals surface area contributed by atoms with Gasteiger partial charge in [-0.1, -0.05) is 242 Å². The van der Waals surface area contributed by atoms with Gasteiger partial charge >= 0.3 is 17.9 Å². The van der Waals surface area contributed by atoms with Crippen LogP contribution in [0.5, 0.6) is 0 Å². The van der Waals surface area contributed by atoms with E-state index in [1.807, 2.05) is 21.1 Å². The molecule has 0 saturated heterocycles. The van der Waals surface area contributed by atoms with E-state index in [0.717, 1.165) is 64.2 Å². The average Bonchev–Trinajstić information content (AvgIpc) is 3.36. The second kappa shape index (κ2) is 55.2. The van der Waals surface area contributed by atoms with E-state index in [9.17, 15) is 19.5 Å². The second-order valence-electron chi connectivity index (χ2n) is 21.6. The van der Waals surface area contributed by atoms with Crippen molar-refractivity contribution in [3.63, 3.8) is 0 Å². The molecule has 9 heteroatoms. The molecule has 0 aromatic rings. The molecule has 2 atom stereocenters. The molecule has 0 heterocycles. The van der Waals surface area contributed by atoms with Gasteiger partial charge < -0.3 is 28.5 Å². The van der Waals surface area contributed by atoms with Crippen LogP contribution < -0.4 is 0 Å². The van der Waals surface area contributed by atoms with Gasteiger partial charge in [0.1, 0.15) is 13.2 Å². The van der Waals surface area contributed by atoms with Crippen LogP contribution in [0.1, 0.15) is 271 Å². The highest BCUT2D eigenvalue weighted by atomic mass is 16.7. The number of esters is 2. The molecule has 0 spiro atoms. The fourth-order valence-electron chi connectivity index (χ4n) is 8.59. The Balaban J connectivity index is 4.17. The highest BCUT2D eigenvalue weighted by Gasteiger charge is 2.25. The number of ether oxygens (including phenoxy) is 4. The van der Waals surface area contributed by atoms with Crippen molar-refractivity contribution in [2.45, 2.75) is 283 Å². The molecule has 0 fully saturated rings. The summed E-state index contributed by atoms with van der Waals surface area (Å²) in [6.45, 7) is 4.79. The number of allylic oxidation sites excluding steroid dienone is 10. The first-order valence-electron chi connectivity index (χ1n) is 30.5. The van der Waals surface area contributed by atoms with E-state index in [2.05, 4.69) is 74.6 Å². The van der Waals surface area contributed by atoms with E-state index in [4.69, 9.17) is 18.9 Å². The zero-order valence-corrected chi connectivity index (χ0v) is 48.3. The predicted molar refractivity (Wildman–Crippen MR) is 309 cm³/mol. The summed E-state index contributed by atoms with van der Waals surface area (Å²) in [5.41, 5.74) is 0. The van der Waals surface area contributed by atoms with Crippen molar-refractivity contribution in [1.29, 1.82) is 0 Å². The van der Waals surface area contributed by atoms with Gasteiger partial charge in [0.25, 0.3) is 6.29 Å². The molecule has 0 aliphatic carbocycles. The summed E-state index contributed by atoms with van der Waals surface area (Å²) < 4.78 is 22.9. The van der Waals surface area contributed by atoms with E-state index >= 15 is 0 Å². The maximum Gasteiger partial charge on any atom is 0.361 e. The van der Waals surface area contributed by atoms with Crippen LogP contribution in [0.2, 0.25) is 0 Å². The van der Waals surface area contributed by atoms with Crippen molar-refractivity contribution < 1.29 is 42.9 Å². The zero-order valence-electron chi connectivity index (χ0n) is 48.3. The van der Waals surface area contributed by atoms with Crippen LogP contribution in [0.4, 0.5) is 0 Å². The molecule has 0 saturated carbocycles. The predicted octanol–water partition coefficient (Wildman–Crippen LogP) is 18.0. The maximum absolute atomic E-state index is 12.9. The Hall–Kier alpha value is -3.01. The number of nitrogens with zero attached hydrogens (tertiary/aromatic N) is 1. The first-order valence-corrected chi connectivity index (χ1v) is 30.5. The molecule has 0 rings (SSSR count). The Labute approximate surface area is 450 Å². The number of rotatable bonds is 56. The van der Waals surface area contributed by atoms with Crippen LogP contribution in [0, 0.1) is 0 Å². The Bertz CT molecular complexity index is 1380. The quantitative estimate of drug-likeness (QED) is 0.0211. The molecular weight excluding hydrogens is 911 g/mol. The van der Waals surface area contributed by atoms with Crippen LogP contribution in [-0.2, 0) is 33.3 Å². The Morgan fingerprint density at radius 2 is 0.781 bits per heavy atom. The lowest BCUT2D eigenvalue weighted by atomic mass is 10.0. The minimum Gasteiger partial charge on any atom is -0.477 e. The molecule has 0 bridgehead atoms. The molecule has 2 unspecified atom stereocenters. The summed E-state index contributed by atoms with van der Waals surface area (Å²) >= 11 is 0. The van der Waals surface area contributed by atoms with Gasteiger partial charge in [-0.2, -0.15) is 0 Å². The molecule has 0 amide bonds. The van der Waals surface area contributed by atoms with E-state index in [1.54, 1.807) is 0 Å². The lowest BCUT2D eigenvalue weighted by Crippen LogP contribution is -2.40. The monoisotopic (exact) mass is 1030 g/mol. The Kier molecular flexibility index (Phi) is 53.0. The number of carboxylic acid groups (broad SMARTS) is 1. The smallest absolute Gasteiger partial charge is 0.361 e. The van der Waals surface area contributed by atoms with Crippen LogP contribution >= 0.6 is 0 Å². The topological polar surface area (TPSA) is 108 Å². The largest absolute Gasteiger partial charge is 0.477 e. The molecule has 9 nitrogen and oxygen atoms in total. The van der Waals surface area contributed by atoms with Crippen molar-refractivity contribution >= 4 is 17.9 Å². The fraction of sp³-hybridized carbons (Fsp3) is 0.797. The molecule has 424 valence electrons. The fourth-order valence-corrected chi connectivity index (χ4v) is 8.59. The number of unbranched alkanes of at least 4 members (excludes halogenated alkanes) is 31. The van der Waals surface area contributed by atoms with Gasteiger partial charge in [-0.05, 0) is 77.0 Å². The summed E-state index contributed by atoms with van der Waals surface area (Å²) in [6.07, 6.45) is 67.3. The minimum absolute atomic E-state index is 0.182. The number of carbonyl (C=O) groups excluding carboxylic acids is 2. The van der Waals surface area contributed by atoms with Crippen molar-refractivity contribution in [1.82, 2.24) is 0 Å². The van der Waals surface area contributed by atoms with E-state index in [-0.39, 0.29) is 32.2 Å². The van der Waals surface area contributed by atoms with Gasteiger partial charge in [-0.25, -0.2) is 4.79 Å². The molecule has 0 aliphatic heterocycles. The average molecular weight is 1030 g/mol. The number of hydrogen-bond donors (Lipinski definition) is 1. The first-order chi connectivity index (χ1) is 35.6. The Morgan fingerprint density at radius 1 is 0.425 bits per heavy atom. The molecule has 1 N–H and O–H groups in total. The van der Waals surface area contributed by atoms with Gasteiger partial charge in [0.05, 0.1) is 34.4 Å². The number of carboxylic acids is 1. The second-order valence-corrected chi connectivity index (χ2v) is 21.6. The third-order valence-electron chi connectivity index (χ3n) is 13.3. The third-order valence-corrected chi connectivity index (χ3v) is 13.3. The lowest BCUT2D eigenvalue weighted by molar-refractivity contribution is -0.870. The molecule has 0 aromatic heterocycles. The van der Waals surface area contributed by atoms with Gasteiger partial charge in [-0.15, -0.1) is 0 Å². The highest BCUT2D eigenvalue weighted by Crippen LogP contribution is 2.17. The van der Waals surface area contributed by atoms with Gasteiger partial charge in [-0.3, -0.25) is 9.59 Å². The van der Waals surface area contributed by atoms with Crippen molar-refractivity contribution in [2.24, 2.45) is 0 Å². The van der Waals surface area contributed by atoms with E-state index in [1.165, 1.54) is 180 Å². The summed E-state index contributed by atoms with van der Waals surface area (Å²) in [4.78, 5) is 37.5. The lowest BCUT2D eigenvalue weighted by Gasteiger charge is -2.25. The minimum atomic E-state index is -1.51. The number of carbonyl (C=O) groups is 3. The molecule has 0 aliphatic rings. The third kappa shape index (κ3) is 56.6. The summed E-state index contributed by atoms with van der Waals surface area (Å²) in [6, 6.07) is 0. The van der Waals surface area contributed by atoms with Crippen LogP contribution in [-0.4, -0.2) is 87.4 Å². The van der Waals surface area contributed by atoms with Crippen molar-refractivity contribution in [2.75, 3.05) is 47.5 Å². The van der Waals surface area contributed by atoms with Crippen LogP contribution in [0.25, 0.3) is 0 Å². The standard InChI is InChI=1S/C64H115NO8/c1-6-8-10-12-14-16-18-20-22-24-26-27-28-29-30-31-32-33-34-35-37-39-41-43-45-47-49-51-53-55-62(67)73-60(59-72-64(63(68)69)70-57-56-65(3,4)5)58-71-61(66)54-52-50-48-46-44-42-40-38-36-25-23-21-19-17-15-13-11-9-7-2/h8,10,14,16,20-23,26-27,60,64H,6-7,9,11-13,15,17-19,24-25,28-59H2,1-5H3/p+1/b10-8-,16-14-,22-20-,23-21-,27-26-. The summed E-state index contributed by atoms with van der Waals surface area (Å²) in [5.74, 6) is -2.00. The molecular formula is C64H116NO8+. The highest BCUT2D eigenvalue weighted by molar-refractivity contribution is 5.71. The summed E-state index contributed by atoms with van der Waals surface area (Å²) in [7, 11) is 5.97. The number of aliphatic carboxylic acids is 1. The van der Waals surface area contributed by atoms with Gasteiger partial charge in [0.2, 0.25) is 0 Å². The maximum atomic E-state index is 12.9. The van der Waals surface area contributed by atoms with Crippen LogP contribution in [0.15, 0.2) is 60.8 Å². The Morgan fingerprint density at radius 3 is 1.18 bits per heavy atom. The van der Waals surface area contributed by atoms with Gasteiger partial charge in [0, 0.05) is 12.8 Å². The number of hydrogen-bond acceptors (Lipinski definition) is 7. The summed E-state index contributed by atoms with van der Waals surface area (Å²) in [5, 5.41) is 9.71. The number of quaternary nitrogens is 1. The first kappa shape index (κ1) is 70.0. The number of likely N-dealkylation sites (N-methyl/N-ethyl adjacent to an activating group) is 1. The van der Waals surface area contributed by atoms with Crippen molar-refractivity contribution in [3.8, 4) is 0 Å². The normalized spacial score (nSPS) is 13.2. The van der Waals surface area contributed by atoms with E-state index < -0.39 is 24.3 Å². The van der Waals surface area contributed by atoms with Gasteiger partial charge in [0.15, 0.2) is 6.10 Å².